The summed E-state index contributed by atoms with van der Waals surface area (Å²) in [6.45, 7) is 1.74. The van der Waals surface area contributed by atoms with E-state index in [4.69, 9.17) is 9.84 Å². The van der Waals surface area contributed by atoms with Crippen LogP contribution in [0.5, 0.6) is 11.5 Å². The molecule has 2 unspecified atom stereocenters. The number of hydrogen-bond donors (Lipinski definition) is 2. The third-order valence-electron chi connectivity index (χ3n) is 2.68. The molecule has 0 aromatic heterocycles. The highest BCUT2D eigenvalue weighted by molar-refractivity contribution is 5.72. The number of fused-ring (bicyclic) bond motifs is 1. The summed E-state index contributed by atoms with van der Waals surface area (Å²) in [5, 5.41) is 18.2. The van der Waals surface area contributed by atoms with E-state index in [1.807, 2.05) is 0 Å². The molecular formula is C11H12O4. The maximum Gasteiger partial charge on any atom is 0.310 e. The highest BCUT2D eigenvalue weighted by Crippen LogP contribution is 2.33. The summed E-state index contributed by atoms with van der Waals surface area (Å²) >= 11 is 0. The van der Waals surface area contributed by atoms with E-state index in [0.29, 0.717) is 12.2 Å². The quantitative estimate of drug-likeness (QED) is 0.732. The molecule has 0 saturated carbocycles. The van der Waals surface area contributed by atoms with E-state index in [1.54, 1.807) is 19.1 Å². The predicted molar refractivity (Wildman–Crippen MR) is 53.0 cm³/mol. The maximum atomic E-state index is 10.9. The SMILES string of the molecule is CC1Oc2ccc(O)cc2CC1C(=O)O. The van der Waals surface area contributed by atoms with Crippen LogP contribution in [0.25, 0.3) is 0 Å². The Hall–Kier alpha value is -1.71. The van der Waals surface area contributed by atoms with Crippen molar-refractivity contribution in [3.63, 3.8) is 0 Å². The Morgan fingerprint density at radius 2 is 2.27 bits per heavy atom. The van der Waals surface area contributed by atoms with Crippen LogP contribution in [0.2, 0.25) is 0 Å². The molecule has 0 amide bonds. The Labute approximate surface area is 87.1 Å². The summed E-state index contributed by atoms with van der Waals surface area (Å²) in [4.78, 5) is 10.9. The van der Waals surface area contributed by atoms with Crippen LogP contribution in [0, 0.1) is 5.92 Å². The van der Waals surface area contributed by atoms with Crippen molar-refractivity contribution >= 4 is 5.97 Å². The summed E-state index contributed by atoms with van der Waals surface area (Å²) in [7, 11) is 0. The Bertz CT molecular complexity index is 400. The van der Waals surface area contributed by atoms with Crippen LogP contribution < -0.4 is 4.74 Å². The number of hydrogen-bond acceptors (Lipinski definition) is 3. The van der Waals surface area contributed by atoms with Crippen LogP contribution in [0.4, 0.5) is 0 Å². The zero-order valence-electron chi connectivity index (χ0n) is 8.30. The topological polar surface area (TPSA) is 66.8 Å². The van der Waals surface area contributed by atoms with Crippen LogP contribution in [-0.2, 0) is 11.2 Å². The number of ether oxygens (including phenoxy) is 1. The largest absolute Gasteiger partial charge is 0.508 e. The minimum absolute atomic E-state index is 0.135. The van der Waals surface area contributed by atoms with Gasteiger partial charge in [-0.1, -0.05) is 0 Å². The van der Waals surface area contributed by atoms with Crippen molar-refractivity contribution in [1.29, 1.82) is 0 Å². The number of aliphatic carboxylic acids is 1. The van der Waals surface area contributed by atoms with Gasteiger partial charge in [-0.25, -0.2) is 0 Å². The van der Waals surface area contributed by atoms with E-state index in [9.17, 15) is 9.90 Å². The number of carboxylic acid groups (broad SMARTS) is 1. The maximum absolute atomic E-state index is 10.9. The van der Waals surface area contributed by atoms with Crippen molar-refractivity contribution in [2.24, 2.45) is 5.92 Å². The lowest BCUT2D eigenvalue weighted by Gasteiger charge is -2.28. The standard InChI is InChI=1S/C11H12O4/c1-6-9(11(13)14)5-7-4-8(12)2-3-10(7)15-6/h2-4,6,9,12H,5H2,1H3,(H,13,14). The summed E-state index contributed by atoms with van der Waals surface area (Å²) in [5.74, 6) is -0.607. The second kappa shape index (κ2) is 3.46. The van der Waals surface area contributed by atoms with Crippen molar-refractivity contribution in [3.8, 4) is 11.5 Å². The minimum Gasteiger partial charge on any atom is -0.508 e. The third kappa shape index (κ3) is 1.75. The number of carbonyl (C=O) groups is 1. The number of aromatic hydroxyl groups is 1. The van der Waals surface area contributed by atoms with E-state index in [-0.39, 0.29) is 11.9 Å². The molecule has 0 fully saturated rings. The van der Waals surface area contributed by atoms with Crippen LogP contribution in [0.3, 0.4) is 0 Å². The molecule has 2 atom stereocenters. The summed E-state index contributed by atoms with van der Waals surface area (Å²) < 4.78 is 5.47. The van der Waals surface area contributed by atoms with Gasteiger partial charge in [-0.3, -0.25) is 4.79 Å². The Morgan fingerprint density at radius 1 is 1.53 bits per heavy atom. The third-order valence-corrected chi connectivity index (χ3v) is 2.68. The monoisotopic (exact) mass is 208 g/mol. The van der Waals surface area contributed by atoms with Gasteiger partial charge >= 0.3 is 5.97 Å². The van der Waals surface area contributed by atoms with E-state index >= 15 is 0 Å². The van der Waals surface area contributed by atoms with Crippen LogP contribution in [0.15, 0.2) is 18.2 Å². The van der Waals surface area contributed by atoms with E-state index in [2.05, 4.69) is 0 Å². The van der Waals surface area contributed by atoms with Gasteiger partial charge in [0.05, 0.1) is 5.92 Å². The van der Waals surface area contributed by atoms with Gasteiger partial charge in [-0.2, -0.15) is 0 Å². The molecule has 0 bridgehead atoms. The highest BCUT2D eigenvalue weighted by atomic mass is 16.5. The van der Waals surface area contributed by atoms with Gasteiger partial charge in [0, 0.05) is 0 Å². The normalized spacial score (nSPS) is 24.1. The first-order chi connectivity index (χ1) is 7.08. The number of phenolic OH excluding ortho intramolecular Hbond substituents is 1. The molecule has 2 N–H and O–H groups in total. The number of benzene rings is 1. The molecule has 4 nitrogen and oxygen atoms in total. The molecule has 1 aliphatic rings. The summed E-state index contributed by atoms with van der Waals surface area (Å²) in [6.07, 6.45) is 0.0693. The minimum atomic E-state index is -0.864. The van der Waals surface area contributed by atoms with Crippen LogP contribution in [0.1, 0.15) is 12.5 Å². The highest BCUT2D eigenvalue weighted by Gasteiger charge is 2.32. The smallest absolute Gasteiger partial charge is 0.310 e. The van der Waals surface area contributed by atoms with Gasteiger partial charge in [0.15, 0.2) is 0 Å². The summed E-state index contributed by atoms with van der Waals surface area (Å²) in [5.41, 5.74) is 0.750. The molecule has 0 radical (unpaired) electrons. The molecule has 2 rings (SSSR count). The fraction of sp³-hybridized carbons (Fsp3) is 0.364. The average Bonchev–Trinajstić information content (AvgIpc) is 2.17. The van der Waals surface area contributed by atoms with Gasteiger partial charge in [0.1, 0.15) is 17.6 Å². The summed E-state index contributed by atoms with van der Waals surface area (Å²) in [6, 6.07) is 4.75. The van der Waals surface area contributed by atoms with E-state index in [0.717, 1.165) is 5.56 Å². The first kappa shape index (κ1) is 9.83. The predicted octanol–water partition coefficient (Wildman–Crippen LogP) is 1.42. The van der Waals surface area contributed by atoms with Crippen molar-refractivity contribution in [1.82, 2.24) is 0 Å². The van der Waals surface area contributed by atoms with Gasteiger partial charge in [-0.15, -0.1) is 0 Å². The van der Waals surface area contributed by atoms with Gasteiger partial charge in [0.25, 0.3) is 0 Å². The lowest BCUT2D eigenvalue weighted by atomic mass is 9.91. The molecular weight excluding hydrogens is 196 g/mol. The molecule has 0 saturated heterocycles. The van der Waals surface area contributed by atoms with E-state index in [1.165, 1.54) is 6.07 Å². The van der Waals surface area contributed by atoms with Crippen LogP contribution in [-0.4, -0.2) is 22.3 Å². The molecule has 0 aliphatic carbocycles. The molecule has 1 heterocycles. The number of rotatable bonds is 1. The van der Waals surface area contributed by atoms with Crippen molar-refractivity contribution in [2.45, 2.75) is 19.4 Å². The first-order valence-electron chi connectivity index (χ1n) is 4.79. The van der Waals surface area contributed by atoms with Crippen molar-refractivity contribution < 1.29 is 19.7 Å². The molecule has 1 aliphatic heterocycles. The molecule has 0 spiro atoms. The van der Waals surface area contributed by atoms with Crippen molar-refractivity contribution in [2.75, 3.05) is 0 Å². The molecule has 1 aromatic rings. The molecule has 80 valence electrons. The Kier molecular flexibility index (Phi) is 2.26. The number of phenols is 1. The van der Waals surface area contributed by atoms with Crippen molar-refractivity contribution in [3.05, 3.63) is 23.8 Å². The van der Waals surface area contributed by atoms with E-state index < -0.39 is 11.9 Å². The average molecular weight is 208 g/mol. The van der Waals surface area contributed by atoms with Gasteiger partial charge in [-0.05, 0) is 37.1 Å². The molecule has 15 heavy (non-hydrogen) atoms. The van der Waals surface area contributed by atoms with Gasteiger partial charge < -0.3 is 14.9 Å². The molecule has 4 heteroatoms. The van der Waals surface area contributed by atoms with Gasteiger partial charge in [0.2, 0.25) is 0 Å². The second-order valence-corrected chi connectivity index (χ2v) is 3.76. The zero-order chi connectivity index (χ0) is 11.0. The zero-order valence-corrected chi connectivity index (χ0v) is 8.30. The fourth-order valence-electron chi connectivity index (χ4n) is 1.81. The Balaban J connectivity index is 2.34. The van der Waals surface area contributed by atoms with Crippen LogP contribution >= 0.6 is 0 Å². The number of carboxylic acids is 1. The Morgan fingerprint density at radius 3 is 2.93 bits per heavy atom. The lowest BCUT2D eigenvalue weighted by molar-refractivity contribution is -0.145. The molecule has 1 aromatic carbocycles. The second-order valence-electron chi connectivity index (χ2n) is 3.76. The lowest BCUT2D eigenvalue weighted by Crippen LogP contribution is -2.35. The first-order valence-corrected chi connectivity index (χ1v) is 4.79. The fourth-order valence-corrected chi connectivity index (χ4v) is 1.81.